The lowest BCUT2D eigenvalue weighted by Crippen LogP contribution is -2.49. The van der Waals surface area contributed by atoms with Crippen LogP contribution in [0.15, 0.2) is 53.4 Å². The number of halogens is 1. The van der Waals surface area contributed by atoms with Crippen molar-refractivity contribution in [1.29, 1.82) is 0 Å². The molecule has 0 fully saturated rings. The summed E-state index contributed by atoms with van der Waals surface area (Å²) >= 11 is 7.51. The second kappa shape index (κ2) is 11.9. The fraction of sp³-hybridized carbons (Fsp3) is 0.391. The Hall–Kier alpha value is -2.18. The number of thioether (sulfide) groups is 1. The Kier molecular flexibility index (Phi) is 9.53. The number of benzene rings is 2. The van der Waals surface area contributed by atoms with Crippen LogP contribution in [0.2, 0.25) is 5.02 Å². The van der Waals surface area contributed by atoms with Gasteiger partial charge in [0.1, 0.15) is 11.8 Å². The van der Waals surface area contributed by atoms with Crippen LogP contribution < -0.4 is 10.1 Å². The molecule has 0 saturated heterocycles. The molecule has 0 aliphatic rings. The van der Waals surface area contributed by atoms with Gasteiger partial charge in [0, 0.05) is 34.7 Å². The third-order valence-corrected chi connectivity index (χ3v) is 5.75. The number of amides is 2. The van der Waals surface area contributed by atoms with E-state index < -0.39 is 6.04 Å². The molecule has 7 heteroatoms. The second-order valence-corrected chi connectivity index (χ2v) is 8.87. The van der Waals surface area contributed by atoms with Gasteiger partial charge in [0.15, 0.2) is 0 Å². The van der Waals surface area contributed by atoms with Crippen LogP contribution in [0.5, 0.6) is 5.75 Å². The molecule has 0 aliphatic carbocycles. The maximum atomic E-state index is 13.1. The van der Waals surface area contributed by atoms with E-state index in [0.29, 0.717) is 23.7 Å². The van der Waals surface area contributed by atoms with E-state index in [9.17, 15) is 9.59 Å². The highest BCUT2D eigenvalue weighted by Gasteiger charge is 2.26. The predicted octanol–water partition coefficient (Wildman–Crippen LogP) is 4.77. The predicted molar refractivity (Wildman–Crippen MR) is 123 cm³/mol. The lowest BCUT2D eigenvalue weighted by atomic mass is 10.1. The van der Waals surface area contributed by atoms with E-state index in [2.05, 4.69) is 5.32 Å². The maximum Gasteiger partial charge on any atom is 0.242 e. The Balaban J connectivity index is 2.08. The van der Waals surface area contributed by atoms with E-state index in [4.69, 9.17) is 16.3 Å². The third-order valence-electron chi connectivity index (χ3n) is 4.48. The van der Waals surface area contributed by atoms with Crippen molar-refractivity contribution < 1.29 is 14.3 Å². The number of nitrogens with one attached hydrogen (secondary N) is 1. The van der Waals surface area contributed by atoms with Gasteiger partial charge in [-0.1, -0.05) is 23.7 Å². The zero-order valence-corrected chi connectivity index (χ0v) is 19.4. The van der Waals surface area contributed by atoms with Gasteiger partial charge in [-0.15, -0.1) is 11.8 Å². The first-order valence-corrected chi connectivity index (χ1v) is 11.3. The van der Waals surface area contributed by atoms with E-state index in [1.165, 1.54) is 0 Å². The number of hydrogen-bond acceptors (Lipinski definition) is 4. The summed E-state index contributed by atoms with van der Waals surface area (Å²) in [5, 5.41) is 3.58. The SMILES string of the molecule is COc1cccc(CN(C(=O)CCSc2ccc(Cl)cc2)C(C)C(=O)NC(C)C)c1. The molecular weight excluding hydrogens is 420 g/mol. The zero-order chi connectivity index (χ0) is 22.1. The first-order chi connectivity index (χ1) is 14.3. The number of nitrogens with zero attached hydrogens (tertiary/aromatic N) is 1. The van der Waals surface area contributed by atoms with Crippen molar-refractivity contribution in [3.05, 3.63) is 59.1 Å². The highest BCUT2D eigenvalue weighted by molar-refractivity contribution is 7.99. The van der Waals surface area contributed by atoms with Crippen LogP contribution in [0.4, 0.5) is 0 Å². The van der Waals surface area contributed by atoms with Crippen LogP contribution in [-0.2, 0) is 16.1 Å². The summed E-state index contributed by atoms with van der Waals surface area (Å²) < 4.78 is 5.28. The average molecular weight is 449 g/mol. The number of carbonyl (C=O) groups is 2. The van der Waals surface area contributed by atoms with E-state index in [1.807, 2.05) is 62.4 Å². The molecule has 0 aromatic heterocycles. The summed E-state index contributed by atoms with van der Waals surface area (Å²) in [4.78, 5) is 28.3. The van der Waals surface area contributed by atoms with Crippen molar-refractivity contribution >= 4 is 35.2 Å². The van der Waals surface area contributed by atoms with Gasteiger partial charge < -0.3 is 15.0 Å². The largest absolute Gasteiger partial charge is 0.497 e. The van der Waals surface area contributed by atoms with Crippen molar-refractivity contribution in [1.82, 2.24) is 10.2 Å². The van der Waals surface area contributed by atoms with Gasteiger partial charge in [-0.3, -0.25) is 9.59 Å². The van der Waals surface area contributed by atoms with Crippen LogP contribution in [0, 0.1) is 0 Å². The van der Waals surface area contributed by atoms with Crippen LogP contribution in [0.3, 0.4) is 0 Å². The number of methoxy groups -OCH3 is 1. The fourth-order valence-electron chi connectivity index (χ4n) is 2.89. The van der Waals surface area contributed by atoms with Gasteiger partial charge in [0.25, 0.3) is 0 Å². The molecule has 162 valence electrons. The number of hydrogen-bond donors (Lipinski definition) is 1. The lowest BCUT2D eigenvalue weighted by molar-refractivity contribution is -0.140. The van der Waals surface area contributed by atoms with Gasteiger partial charge in [-0.05, 0) is 62.7 Å². The Morgan fingerprint density at radius 1 is 1.13 bits per heavy atom. The smallest absolute Gasteiger partial charge is 0.242 e. The minimum absolute atomic E-state index is 0.00850. The number of rotatable bonds is 10. The maximum absolute atomic E-state index is 13.1. The summed E-state index contributed by atoms with van der Waals surface area (Å²) in [6.45, 7) is 5.92. The molecule has 1 atom stereocenters. The molecule has 1 unspecified atom stereocenters. The van der Waals surface area contributed by atoms with Crippen LogP contribution in [0.1, 0.15) is 32.8 Å². The minimum atomic E-state index is -0.577. The molecule has 0 radical (unpaired) electrons. The average Bonchev–Trinajstić information content (AvgIpc) is 2.72. The zero-order valence-electron chi connectivity index (χ0n) is 17.9. The Morgan fingerprint density at radius 3 is 2.47 bits per heavy atom. The second-order valence-electron chi connectivity index (χ2n) is 7.26. The van der Waals surface area contributed by atoms with Crippen molar-refractivity contribution in [3.8, 4) is 5.75 Å². The Morgan fingerprint density at radius 2 is 1.83 bits per heavy atom. The highest BCUT2D eigenvalue weighted by atomic mass is 35.5. The molecule has 0 saturated carbocycles. The molecule has 0 spiro atoms. The first kappa shape index (κ1) is 24.1. The van der Waals surface area contributed by atoms with Crippen molar-refractivity contribution in [3.63, 3.8) is 0 Å². The van der Waals surface area contributed by atoms with Gasteiger partial charge in [0.2, 0.25) is 11.8 Å². The van der Waals surface area contributed by atoms with E-state index >= 15 is 0 Å². The standard InChI is InChI=1S/C23H29ClN2O3S/c1-16(2)25-23(28)17(3)26(15-18-6-5-7-20(14-18)29-4)22(27)12-13-30-21-10-8-19(24)9-11-21/h5-11,14,16-17H,12-13,15H2,1-4H3,(H,25,28). The van der Waals surface area contributed by atoms with Crippen LogP contribution in [0.25, 0.3) is 0 Å². The molecule has 0 bridgehead atoms. The molecule has 5 nitrogen and oxygen atoms in total. The molecule has 0 heterocycles. The lowest BCUT2D eigenvalue weighted by Gasteiger charge is -2.29. The van der Waals surface area contributed by atoms with Gasteiger partial charge in [-0.2, -0.15) is 0 Å². The summed E-state index contributed by atoms with van der Waals surface area (Å²) in [5.74, 6) is 1.11. The van der Waals surface area contributed by atoms with Crippen LogP contribution >= 0.6 is 23.4 Å². The molecule has 2 amide bonds. The highest BCUT2D eigenvalue weighted by Crippen LogP contribution is 2.22. The molecule has 2 aromatic carbocycles. The van der Waals surface area contributed by atoms with Gasteiger partial charge >= 0.3 is 0 Å². The molecular formula is C23H29ClN2O3S. The molecule has 2 rings (SSSR count). The molecule has 2 aromatic rings. The normalized spacial score (nSPS) is 11.8. The first-order valence-electron chi connectivity index (χ1n) is 9.91. The third kappa shape index (κ3) is 7.58. The van der Waals surface area contributed by atoms with Crippen molar-refractivity contribution in [2.75, 3.05) is 12.9 Å². The van der Waals surface area contributed by atoms with Crippen molar-refractivity contribution in [2.45, 2.75) is 50.7 Å². The van der Waals surface area contributed by atoms with Crippen molar-refractivity contribution in [2.24, 2.45) is 0 Å². The molecule has 0 aliphatic heterocycles. The quantitative estimate of drug-likeness (QED) is 0.532. The summed E-state index contributed by atoms with van der Waals surface area (Å²) in [6, 6.07) is 14.5. The summed E-state index contributed by atoms with van der Waals surface area (Å²) in [7, 11) is 1.61. The summed E-state index contributed by atoms with van der Waals surface area (Å²) in [6.07, 6.45) is 0.330. The number of ether oxygens (including phenoxy) is 1. The fourth-order valence-corrected chi connectivity index (χ4v) is 3.85. The Labute approximate surface area is 188 Å². The van der Waals surface area contributed by atoms with Gasteiger partial charge in [0.05, 0.1) is 7.11 Å². The number of carbonyl (C=O) groups excluding carboxylic acids is 2. The molecule has 1 N–H and O–H groups in total. The molecule has 30 heavy (non-hydrogen) atoms. The topological polar surface area (TPSA) is 58.6 Å². The van der Waals surface area contributed by atoms with Gasteiger partial charge in [-0.25, -0.2) is 0 Å². The summed E-state index contributed by atoms with van der Waals surface area (Å²) in [5.41, 5.74) is 0.914. The van der Waals surface area contributed by atoms with E-state index in [1.54, 1.807) is 30.7 Å². The van der Waals surface area contributed by atoms with Crippen LogP contribution in [-0.4, -0.2) is 41.7 Å². The minimum Gasteiger partial charge on any atom is -0.497 e. The monoisotopic (exact) mass is 448 g/mol. The van der Waals surface area contributed by atoms with E-state index in [-0.39, 0.29) is 17.9 Å². The van der Waals surface area contributed by atoms with E-state index in [0.717, 1.165) is 16.2 Å². The Bertz CT molecular complexity index is 843.